The molecule has 0 amide bonds. The van der Waals surface area contributed by atoms with Crippen LogP contribution in [0.1, 0.15) is 10.6 Å². The number of rotatable bonds is 4. The summed E-state index contributed by atoms with van der Waals surface area (Å²) in [5.74, 6) is 1.30. The van der Waals surface area contributed by atoms with E-state index in [0.717, 1.165) is 27.4 Å². The van der Waals surface area contributed by atoms with Gasteiger partial charge in [-0.3, -0.25) is 0 Å². The fourth-order valence-electron chi connectivity index (χ4n) is 3.59. The lowest BCUT2D eigenvalue weighted by molar-refractivity contribution is 0.621. The van der Waals surface area contributed by atoms with Crippen molar-refractivity contribution >= 4 is 27.3 Å². The minimum Gasteiger partial charge on any atom is -0.453 e. The van der Waals surface area contributed by atoms with E-state index in [-0.39, 0.29) is 0 Å². The minimum atomic E-state index is 0.628. The van der Waals surface area contributed by atoms with Crippen molar-refractivity contribution in [1.82, 2.24) is 19.8 Å². The molecule has 0 saturated heterocycles. The van der Waals surface area contributed by atoms with Crippen LogP contribution in [0.2, 0.25) is 0 Å². The molecule has 0 bridgehead atoms. The molecular formula is C24H16N4OS. The van der Waals surface area contributed by atoms with Gasteiger partial charge in [0.25, 0.3) is 0 Å². The molecule has 3 heterocycles. The molecule has 5 nitrogen and oxygen atoms in total. The number of hydrogen-bond acceptors (Lipinski definition) is 5. The number of para-hydroxylation sites is 1. The molecule has 0 fully saturated rings. The maximum atomic E-state index is 5.94. The van der Waals surface area contributed by atoms with Crippen LogP contribution in [0.25, 0.3) is 38.6 Å². The Morgan fingerprint density at radius 2 is 1.57 bits per heavy atom. The molecule has 144 valence electrons. The summed E-state index contributed by atoms with van der Waals surface area (Å²) >= 11 is 1.55. The summed E-state index contributed by atoms with van der Waals surface area (Å²) in [6.07, 6.45) is 0.753. The zero-order chi connectivity index (χ0) is 19.9. The van der Waals surface area contributed by atoms with Gasteiger partial charge < -0.3 is 4.42 Å². The second-order valence-corrected chi connectivity index (χ2v) is 8.14. The molecule has 6 heteroatoms. The lowest BCUT2D eigenvalue weighted by Gasteiger charge is -2.03. The molecule has 0 atom stereocenters. The van der Waals surface area contributed by atoms with Crippen LogP contribution >= 0.6 is 11.3 Å². The Hall–Kier alpha value is -3.77. The van der Waals surface area contributed by atoms with E-state index in [2.05, 4.69) is 58.7 Å². The number of aromatic nitrogens is 4. The Labute approximate surface area is 176 Å². The summed E-state index contributed by atoms with van der Waals surface area (Å²) < 4.78 is 7.72. The summed E-state index contributed by atoms with van der Waals surface area (Å²) in [5, 5.41) is 15.3. The summed E-state index contributed by atoms with van der Waals surface area (Å²) in [5.41, 5.74) is 4.48. The zero-order valence-corrected chi connectivity index (χ0v) is 16.7. The molecule has 0 aliphatic rings. The van der Waals surface area contributed by atoms with Crippen LogP contribution in [-0.4, -0.2) is 19.8 Å². The smallest absolute Gasteiger partial charge is 0.235 e. The van der Waals surface area contributed by atoms with Crippen LogP contribution in [0.3, 0.4) is 0 Å². The molecular weight excluding hydrogens is 392 g/mol. The van der Waals surface area contributed by atoms with Gasteiger partial charge in [0, 0.05) is 11.8 Å². The van der Waals surface area contributed by atoms with Crippen molar-refractivity contribution in [2.45, 2.75) is 6.42 Å². The predicted octanol–water partition coefficient (Wildman–Crippen LogP) is 5.86. The van der Waals surface area contributed by atoms with E-state index in [1.807, 2.05) is 36.4 Å². The van der Waals surface area contributed by atoms with Gasteiger partial charge >= 0.3 is 0 Å². The molecule has 3 aromatic heterocycles. The van der Waals surface area contributed by atoms with Gasteiger partial charge in [0.1, 0.15) is 10.6 Å². The first-order valence-electron chi connectivity index (χ1n) is 9.68. The molecule has 0 unspecified atom stereocenters. The molecule has 3 aromatic carbocycles. The molecule has 6 aromatic rings. The van der Waals surface area contributed by atoms with Gasteiger partial charge in [-0.2, -0.15) is 9.61 Å². The standard InChI is InChI=1S/C24H16N4OS/c1-2-6-17(7-3-1)18-12-10-16(11-13-18)14-22-27-28-23(25-26-24(28)30-22)21-15-19-8-4-5-9-20(19)29-21/h1-13,15H,14H2. The van der Waals surface area contributed by atoms with Crippen LogP contribution in [-0.2, 0) is 6.42 Å². The maximum absolute atomic E-state index is 5.94. The SMILES string of the molecule is c1ccc(-c2ccc(Cc3nn4c(-c5cc6ccccc6o5)nnc4s3)cc2)cc1. The molecule has 0 radical (unpaired) electrons. The molecule has 0 aliphatic heterocycles. The van der Waals surface area contributed by atoms with Crippen molar-refractivity contribution in [3.8, 4) is 22.7 Å². The highest BCUT2D eigenvalue weighted by Crippen LogP contribution is 2.28. The van der Waals surface area contributed by atoms with Crippen molar-refractivity contribution < 1.29 is 4.42 Å². The topological polar surface area (TPSA) is 56.2 Å². The van der Waals surface area contributed by atoms with E-state index in [9.17, 15) is 0 Å². The first-order valence-corrected chi connectivity index (χ1v) is 10.5. The van der Waals surface area contributed by atoms with E-state index < -0.39 is 0 Å². The first kappa shape index (κ1) is 17.1. The third-order valence-corrected chi connectivity index (χ3v) is 5.99. The fourth-order valence-corrected chi connectivity index (χ4v) is 4.46. The Kier molecular flexibility index (Phi) is 3.95. The minimum absolute atomic E-state index is 0.628. The van der Waals surface area contributed by atoms with Crippen molar-refractivity contribution in [3.63, 3.8) is 0 Å². The van der Waals surface area contributed by atoms with Crippen LogP contribution < -0.4 is 0 Å². The summed E-state index contributed by atoms with van der Waals surface area (Å²) in [4.78, 5) is 0.765. The monoisotopic (exact) mass is 408 g/mol. The second-order valence-electron chi connectivity index (χ2n) is 7.10. The van der Waals surface area contributed by atoms with Crippen LogP contribution in [0.4, 0.5) is 0 Å². The van der Waals surface area contributed by atoms with Crippen molar-refractivity contribution in [1.29, 1.82) is 0 Å². The normalized spacial score (nSPS) is 11.5. The lowest BCUT2D eigenvalue weighted by atomic mass is 10.0. The molecule has 0 aliphatic carbocycles. The largest absolute Gasteiger partial charge is 0.453 e. The van der Waals surface area contributed by atoms with Crippen molar-refractivity contribution in [2.75, 3.05) is 0 Å². The van der Waals surface area contributed by atoms with Gasteiger partial charge in [0.15, 0.2) is 5.76 Å². The molecule has 0 spiro atoms. The van der Waals surface area contributed by atoms with Crippen molar-refractivity contribution in [3.05, 3.63) is 95.5 Å². The Bertz CT molecular complexity index is 1430. The summed E-state index contributed by atoms with van der Waals surface area (Å²) in [6.45, 7) is 0. The van der Waals surface area contributed by atoms with Gasteiger partial charge in [-0.1, -0.05) is 84.1 Å². The quantitative estimate of drug-likeness (QED) is 0.367. The maximum Gasteiger partial charge on any atom is 0.235 e. The van der Waals surface area contributed by atoms with E-state index in [1.54, 1.807) is 15.9 Å². The second kappa shape index (κ2) is 6.93. The molecule has 30 heavy (non-hydrogen) atoms. The van der Waals surface area contributed by atoms with E-state index in [0.29, 0.717) is 11.6 Å². The third kappa shape index (κ3) is 2.98. The average molecular weight is 408 g/mol. The summed E-state index contributed by atoms with van der Waals surface area (Å²) in [7, 11) is 0. The molecule has 0 saturated carbocycles. The van der Waals surface area contributed by atoms with Gasteiger partial charge in [-0.15, -0.1) is 10.2 Å². The van der Waals surface area contributed by atoms with Crippen LogP contribution in [0, 0.1) is 0 Å². The van der Waals surface area contributed by atoms with E-state index in [4.69, 9.17) is 9.52 Å². The molecule has 6 rings (SSSR count). The zero-order valence-electron chi connectivity index (χ0n) is 15.9. The van der Waals surface area contributed by atoms with Gasteiger partial charge in [-0.25, -0.2) is 0 Å². The van der Waals surface area contributed by atoms with Gasteiger partial charge in [0.05, 0.1) is 0 Å². The highest BCUT2D eigenvalue weighted by atomic mass is 32.1. The third-order valence-electron chi connectivity index (χ3n) is 5.10. The van der Waals surface area contributed by atoms with E-state index in [1.165, 1.54) is 16.7 Å². The summed E-state index contributed by atoms with van der Waals surface area (Å²) in [6, 6.07) is 28.9. The molecule has 0 N–H and O–H groups in total. The Morgan fingerprint density at radius 3 is 2.40 bits per heavy atom. The van der Waals surface area contributed by atoms with Gasteiger partial charge in [0.2, 0.25) is 10.8 Å². The lowest BCUT2D eigenvalue weighted by Crippen LogP contribution is -1.93. The highest BCUT2D eigenvalue weighted by molar-refractivity contribution is 7.16. The Morgan fingerprint density at radius 1 is 0.800 bits per heavy atom. The van der Waals surface area contributed by atoms with E-state index >= 15 is 0 Å². The van der Waals surface area contributed by atoms with Crippen LogP contribution in [0.5, 0.6) is 0 Å². The predicted molar refractivity (Wildman–Crippen MR) is 119 cm³/mol. The van der Waals surface area contributed by atoms with Gasteiger partial charge in [-0.05, 0) is 28.8 Å². The highest BCUT2D eigenvalue weighted by Gasteiger charge is 2.17. The first-order chi connectivity index (χ1) is 14.8. The number of benzene rings is 3. The average Bonchev–Trinajstić information content (AvgIpc) is 3.48. The number of hydrogen-bond donors (Lipinski definition) is 0. The van der Waals surface area contributed by atoms with Crippen LogP contribution in [0.15, 0.2) is 89.3 Å². The Balaban J connectivity index is 1.29. The number of fused-ring (bicyclic) bond motifs is 2. The number of furan rings is 1. The fraction of sp³-hybridized carbons (Fsp3) is 0.0417. The number of nitrogens with zero attached hydrogens (tertiary/aromatic N) is 4. The van der Waals surface area contributed by atoms with Crippen molar-refractivity contribution in [2.24, 2.45) is 0 Å².